The SMILES string of the molecule is CCCCCCc1ccc(OC(C)(C)C)cc1OC(C)(C)C. The van der Waals surface area contributed by atoms with Crippen molar-refractivity contribution in [1.29, 1.82) is 0 Å². The molecule has 0 fully saturated rings. The van der Waals surface area contributed by atoms with Crippen LogP contribution < -0.4 is 9.47 Å². The summed E-state index contributed by atoms with van der Waals surface area (Å²) in [7, 11) is 0. The van der Waals surface area contributed by atoms with Crippen LogP contribution in [0.25, 0.3) is 0 Å². The van der Waals surface area contributed by atoms with Crippen LogP contribution >= 0.6 is 0 Å². The maximum Gasteiger partial charge on any atom is 0.126 e. The molecule has 0 N–H and O–H groups in total. The number of hydrogen-bond acceptors (Lipinski definition) is 2. The minimum atomic E-state index is -0.196. The molecule has 0 unspecified atom stereocenters. The van der Waals surface area contributed by atoms with E-state index in [1.165, 1.54) is 31.2 Å². The summed E-state index contributed by atoms with van der Waals surface area (Å²) in [5, 5.41) is 0. The summed E-state index contributed by atoms with van der Waals surface area (Å²) >= 11 is 0. The lowest BCUT2D eigenvalue weighted by Gasteiger charge is -2.26. The van der Waals surface area contributed by atoms with Crippen molar-refractivity contribution in [1.82, 2.24) is 0 Å². The van der Waals surface area contributed by atoms with E-state index in [1.807, 2.05) is 6.07 Å². The van der Waals surface area contributed by atoms with Crippen molar-refractivity contribution in [2.45, 2.75) is 91.8 Å². The highest BCUT2D eigenvalue weighted by molar-refractivity contribution is 5.41. The molecule has 0 aromatic heterocycles. The summed E-state index contributed by atoms with van der Waals surface area (Å²) < 4.78 is 12.1. The van der Waals surface area contributed by atoms with Crippen molar-refractivity contribution in [2.75, 3.05) is 0 Å². The Morgan fingerprint density at radius 2 is 1.45 bits per heavy atom. The lowest BCUT2D eigenvalue weighted by molar-refractivity contribution is 0.120. The second-order valence-electron chi connectivity index (χ2n) is 8.01. The highest BCUT2D eigenvalue weighted by Gasteiger charge is 2.17. The van der Waals surface area contributed by atoms with Gasteiger partial charge in [0.05, 0.1) is 0 Å². The molecule has 0 heterocycles. The second-order valence-corrected chi connectivity index (χ2v) is 8.01. The molecule has 1 aromatic carbocycles. The summed E-state index contributed by atoms with van der Waals surface area (Å²) in [5.74, 6) is 1.84. The van der Waals surface area contributed by atoms with Gasteiger partial charge in [0.15, 0.2) is 0 Å². The van der Waals surface area contributed by atoms with Gasteiger partial charge in [0.25, 0.3) is 0 Å². The molecule has 126 valence electrons. The van der Waals surface area contributed by atoms with Gasteiger partial charge >= 0.3 is 0 Å². The average molecular weight is 306 g/mol. The van der Waals surface area contributed by atoms with Gasteiger partial charge in [-0.05, 0) is 66.0 Å². The van der Waals surface area contributed by atoms with E-state index in [9.17, 15) is 0 Å². The van der Waals surface area contributed by atoms with E-state index in [-0.39, 0.29) is 11.2 Å². The summed E-state index contributed by atoms with van der Waals surface area (Å²) in [6, 6.07) is 6.27. The number of hydrogen-bond donors (Lipinski definition) is 0. The monoisotopic (exact) mass is 306 g/mol. The van der Waals surface area contributed by atoms with E-state index < -0.39 is 0 Å². The maximum absolute atomic E-state index is 6.17. The van der Waals surface area contributed by atoms with Crippen molar-refractivity contribution in [3.63, 3.8) is 0 Å². The number of ether oxygens (including phenoxy) is 2. The first-order chi connectivity index (χ1) is 10.1. The number of aryl methyl sites for hydroxylation is 1. The van der Waals surface area contributed by atoms with Crippen LogP contribution in [0.1, 0.15) is 79.7 Å². The van der Waals surface area contributed by atoms with Gasteiger partial charge in [0.2, 0.25) is 0 Å². The molecule has 0 atom stereocenters. The van der Waals surface area contributed by atoms with E-state index >= 15 is 0 Å². The Kier molecular flexibility index (Phi) is 6.77. The molecule has 0 saturated heterocycles. The second kappa shape index (κ2) is 7.89. The van der Waals surface area contributed by atoms with Crippen LogP contribution in [0.5, 0.6) is 11.5 Å². The minimum Gasteiger partial charge on any atom is -0.488 e. The smallest absolute Gasteiger partial charge is 0.126 e. The lowest BCUT2D eigenvalue weighted by atomic mass is 10.0. The normalized spacial score (nSPS) is 12.3. The van der Waals surface area contributed by atoms with Crippen molar-refractivity contribution >= 4 is 0 Å². The first-order valence-electron chi connectivity index (χ1n) is 8.62. The summed E-state index contributed by atoms with van der Waals surface area (Å²) in [6.45, 7) is 14.7. The molecule has 2 nitrogen and oxygen atoms in total. The van der Waals surface area contributed by atoms with Gasteiger partial charge in [0, 0.05) is 6.07 Å². The molecular weight excluding hydrogens is 272 g/mol. The van der Waals surface area contributed by atoms with Gasteiger partial charge in [0.1, 0.15) is 22.7 Å². The Labute approximate surface area is 137 Å². The topological polar surface area (TPSA) is 18.5 Å². The van der Waals surface area contributed by atoms with Gasteiger partial charge in [-0.1, -0.05) is 32.3 Å². The summed E-state index contributed by atoms with van der Waals surface area (Å²) in [5.41, 5.74) is 0.896. The number of unbranched alkanes of at least 4 members (excludes halogenated alkanes) is 3. The first kappa shape index (κ1) is 18.9. The molecule has 22 heavy (non-hydrogen) atoms. The van der Waals surface area contributed by atoms with Crippen LogP contribution in [-0.4, -0.2) is 11.2 Å². The largest absolute Gasteiger partial charge is 0.488 e. The third-order valence-corrected chi connectivity index (χ3v) is 3.18. The molecule has 0 saturated carbocycles. The fourth-order valence-electron chi connectivity index (χ4n) is 2.33. The Bertz CT molecular complexity index is 450. The zero-order valence-corrected chi connectivity index (χ0v) is 15.6. The number of benzene rings is 1. The van der Waals surface area contributed by atoms with Crippen molar-refractivity contribution < 1.29 is 9.47 Å². The highest BCUT2D eigenvalue weighted by Crippen LogP contribution is 2.31. The summed E-state index contributed by atoms with van der Waals surface area (Å²) in [4.78, 5) is 0. The van der Waals surface area contributed by atoms with Gasteiger partial charge in [-0.2, -0.15) is 0 Å². The molecule has 0 aliphatic carbocycles. The molecule has 0 spiro atoms. The Hall–Kier alpha value is -1.18. The van der Waals surface area contributed by atoms with Crippen molar-refractivity contribution in [3.05, 3.63) is 23.8 Å². The molecule has 1 rings (SSSR count). The van der Waals surface area contributed by atoms with Crippen molar-refractivity contribution in [3.8, 4) is 11.5 Å². The first-order valence-corrected chi connectivity index (χ1v) is 8.62. The average Bonchev–Trinajstić information content (AvgIpc) is 2.33. The zero-order chi connectivity index (χ0) is 16.8. The van der Waals surface area contributed by atoms with Crippen LogP contribution in [-0.2, 0) is 6.42 Å². The van der Waals surface area contributed by atoms with E-state index in [2.05, 4.69) is 60.6 Å². The van der Waals surface area contributed by atoms with Crippen LogP contribution in [0, 0.1) is 0 Å². The fourth-order valence-corrected chi connectivity index (χ4v) is 2.33. The molecule has 2 heteroatoms. The summed E-state index contributed by atoms with van der Waals surface area (Å²) in [6.07, 6.45) is 6.14. The van der Waals surface area contributed by atoms with Crippen LogP contribution in [0.15, 0.2) is 18.2 Å². The van der Waals surface area contributed by atoms with Gasteiger partial charge in [-0.15, -0.1) is 0 Å². The van der Waals surface area contributed by atoms with E-state index in [0.29, 0.717) is 0 Å². The number of rotatable bonds is 7. The molecule has 0 bridgehead atoms. The Balaban J connectivity index is 2.89. The highest BCUT2D eigenvalue weighted by atomic mass is 16.5. The van der Waals surface area contributed by atoms with Crippen LogP contribution in [0.2, 0.25) is 0 Å². The quantitative estimate of drug-likeness (QED) is 0.561. The predicted octanol–water partition coefficient (Wildman–Crippen LogP) is 6.16. The molecule has 0 aliphatic rings. The third-order valence-electron chi connectivity index (χ3n) is 3.18. The van der Waals surface area contributed by atoms with E-state index in [0.717, 1.165) is 17.9 Å². The molecule has 0 radical (unpaired) electrons. The van der Waals surface area contributed by atoms with Gasteiger partial charge in [-0.3, -0.25) is 0 Å². The lowest BCUT2D eigenvalue weighted by Crippen LogP contribution is -2.25. The molecule has 0 amide bonds. The van der Waals surface area contributed by atoms with Gasteiger partial charge < -0.3 is 9.47 Å². The van der Waals surface area contributed by atoms with Crippen molar-refractivity contribution in [2.24, 2.45) is 0 Å². The van der Waals surface area contributed by atoms with E-state index in [4.69, 9.17) is 9.47 Å². The minimum absolute atomic E-state index is 0.193. The zero-order valence-electron chi connectivity index (χ0n) is 15.6. The van der Waals surface area contributed by atoms with Crippen LogP contribution in [0.3, 0.4) is 0 Å². The van der Waals surface area contributed by atoms with Gasteiger partial charge in [-0.25, -0.2) is 0 Å². The fraction of sp³-hybridized carbons (Fsp3) is 0.700. The third kappa shape index (κ3) is 7.72. The Morgan fingerprint density at radius 1 is 0.818 bits per heavy atom. The molecule has 0 aliphatic heterocycles. The Morgan fingerprint density at radius 3 is 2.00 bits per heavy atom. The predicted molar refractivity (Wildman–Crippen MR) is 95.1 cm³/mol. The van der Waals surface area contributed by atoms with Crippen LogP contribution in [0.4, 0.5) is 0 Å². The standard InChI is InChI=1S/C20H34O2/c1-8-9-10-11-12-16-13-14-17(21-19(2,3)4)15-18(16)22-20(5,6)7/h13-15H,8-12H2,1-7H3. The molecule has 1 aromatic rings. The molecular formula is C20H34O2. The van der Waals surface area contributed by atoms with E-state index in [1.54, 1.807) is 0 Å². The maximum atomic E-state index is 6.17.